The number of oxime groups is 2. The fourth-order valence-corrected chi connectivity index (χ4v) is 7.50. The average molecular weight is 376 g/mol. The Balaban J connectivity index is 1.61. The van der Waals surface area contributed by atoms with Crippen molar-refractivity contribution in [3.63, 3.8) is 0 Å². The van der Waals surface area contributed by atoms with Crippen LogP contribution in [0.4, 0.5) is 0 Å². The van der Waals surface area contributed by atoms with Crippen molar-refractivity contribution in [1.29, 1.82) is 0 Å². The zero-order valence-corrected chi connectivity index (χ0v) is 16.6. The minimum atomic E-state index is -0.161. The van der Waals surface area contributed by atoms with Gasteiger partial charge in [0.1, 0.15) is 17.5 Å². The summed E-state index contributed by atoms with van der Waals surface area (Å²) in [6, 6.07) is 0. The van der Waals surface area contributed by atoms with Crippen molar-refractivity contribution in [2.24, 2.45) is 44.8 Å². The molecule has 2 unspecified atom stereocenters. The number of carbonyl (C=O) groups excluding carboxylic acids is 1. The molecule has 6 heteroatoms. The third-order valence-corrected chi connectivity index (χ3v) is 8.85. The summed E-state index contributed by atoms with van der Waals surface area (Å²) in [6.45, 7) is 6.21. The van der Waals surface area contributed by atoms with Gasteiger partial charge in [-0.1, -0.05) is 24.2 Å². The number of nitrogens with zero attached hydrogens (tertiary/aromatic N) is 2. The van der Waals surface area contributed by atoms with E-state index in [1.54, 1.807) is 0 Å². The molecule has 0 spiro atoms. The van der Waals surface area contributed by atoms with E-state index >= 15 is 0 Å². The largest absolute Gasteiger partial charge is 0.462 e. The van der Waals surface area contributed by atoms with Gasteiger partial charge in [-0.05, 0) is 74.0 Å². The fraction of sp³-hybridized carbons (Fsp3) is 0.857. The van der Waals surface area contributed by atoms with E-state index in [4.69, 9.17) is 4.74 Å². The number of carbonyl (C=O) groups is 1. The Kier molecular flexibility index (Phi) is 4.51. The molecular formula is C21H32N2O4. The van der Waals surface area contributed by atoms with Gasteiger partial charge in [-0.25, -0.2) is 0 Å². The van der Waals surface area contributed by atoms with Crippen molar-refractivity contribution >= 4 is 17.4 Å². The van der Waals surface area contributed by atoms with Crippen LogP contribution < -0.4 is 0 Å². The topological polar surface area (TPSA) is 91.5 Å². The molecule has 4 aliphatic rings. The molecule has 0 saturated heterocycles. The van der Waals surface area contributed by atoms with Crippen molar-refractivity contribution in [2.75, 3.05) is 0 Å². The van der Waals surface area contributed by atoms with E-state index in [1.807, 2.05) is 0 Å². The molecule has 7 atom stereocenters. The second-order valence-corrected chi connectivity index (χ2v) is 9.85. The lowest BCUT2D eigenvalue weighted by atomic mass is 9.45. The third kappa shape index (κ3) is 2.70. The van der Waals surface area contributed by atoms with E-state index in [0.717, 1.165) is 32.1 Å². The smallest absolute Gasteiger partial charge is 0.302 e. The maximum Gasteiger partial charge on any atom is 0.302 e. The van der Waals surface area contributed by atoms with E-state index in [-0.39, 0.29) is 22.9 Å². The number of ether oxygens (including phenoxy) is 1. The summed E-state index contributed by atoms with van der Waals surface area (Å²) in [4.78, 5) is 11.6. The molecule has 0 aromatic carbocycles. The van der Waals surface area contributed by atoms with Crippen LogP contribution in [0.15, 0.2) is 10.3 Å². The van der Waals surface area contributed by atoms with Gasteiger partial charge in [-0.3, -0.25) is 4.79 Å². The van der Waals surface area contributed by atoms with Gasteiger partial charge in [-0.2, -0.15) is 0 Å². The van der Waals surface area contributed by atoms with Crippen LogP contribution >= 0.6 is 0 Å². The minimum Gasteiger partial charge on any atom is -0.462 e. The van der Waals surface area contributed by atoms with Crippen molar-refractivity contribution < 1.29 is 19.9 Å². The molecular weight excluding hydrogens is 344 g/mol. The standard InChI is InChI=1S/C21H32N2O4/c1-12(24)27-19-7-6-15-14-5-4-13-10-17(22-25)18(23-26)11-21(13,3)16(14)8-9-20(15,19)2/h13-16,19,25-26H,4-11H2,1-3H3/t13?,14-,15-,16+,19?,20-,21-/m0/s1. The summed E-state index contributed by atoms with van der Waals surface area (Å²) < 4.78 is 5.72. The lowest BCUT2D eigenvalue weighted by molar-refractivity contribution is -0.159. The molecule has 4 aliphatic carbocycles. The van der Waals surface area contributed by atoms with Gasteiger partial charge in [0.05, 0.1) is 0 Å². The Morgan fingerprint density at radius 1 is 1.00 bits per heavy atom. The summed E-state index contributed by atoms with van der Waals surface area (Å²) in [6.07, 6.45) is 8.11. The van der Waals surface area contributed by atoms with Crippen LogP contribution in [0.1, 0.15) is 72.1 Å². The molecule has 0 radical (unpaired) electrons. The summed E-state index contributed by atoms with van der Waals surface area (Å²) >= 11 is 0. The third-order valence-electron chi connectivity index (χ3n) is 8.85. The molecule has 27 heavy (non-hydrogen) atoms. The number of hydrogen-bond acceptors (Lipinski definition) is 6. The van der Waals surface area contributed by atoms with Gasteiger partial charge in [-0.15, -0.1) is 0 Å². The van der Waals surface area contributed by atoms with Crippen LogP contribution in [-0.4, -0.2) is 33.9 Å². The lowest BCUT2D eigenvalue weighted by Gasteiger charge is -2.60. The van der Waals surface area contributed by atoms with Gasteiger partial charge in [0.25, 0.3) is 0 Å². The summed E-state index contributed by atoms with van der Waals surface area (Å²) in [5, 5.41) is 25.6. The highest BCUT2D eigenvalue weighted by atomic mass is 16.5. The van der Waals surface area contributed by atoms with Crippen molar-refractivity contribution in [3.8, 4) is 0 Å². The first-order valence-electron chi connectivity index (χ1n) is 10.4. The van der Waals surface area contributed by atoms with Crippen LogP contribution in [0.5, 0.6) is 0 Å². The molecule has 0 bridgehead atoms. The Labute approximate surface area is 161 Å². The van der Waals surface area contributed by atoms with E-state index in [1.165, 1.54) is 13.3 Å². The van der Waals surface area contributed by atoms with Crippen LogP contribution in [0, 0.1) is 34.5 Å². The Morgan fingerprint density at radius 2 is 1.70 bits per heavy atom. The first kappa shape index (κ1) is 18.8. The Hall–Kier alpha value is -1.59. The van der Waals surface area contributed by atoms with Gasteiger partial charge in [0.2, 0.25) is 0 Å². The van der Waals surface area contributed by atoms with E-state index in [0.29, 0.717) is 47.9 Å². The van der Waals surface area contributed by atoms with Crippen molar-refractivity contribution in [1.82, 2.24) is 0 Å². The zero-order chi connectivity index (χ0) is 19.4. The molecule has 4 saturated carbocycles. The van der Waals surface area contributed by atoms with Gasteiger partial charge in [0, 0.05) is 18.8 Å². The summed E-state index contributed by atoms with van der Waals surface area (Å²) in [5.74, 6) is 2.14. The number of hydrogen-bond donors (Lipinski definition) is 2. The SMILES string of the molecule is CC(=O)OC1CC[C@H]2[C@@H]3CCC4CC(=NO)C(=NO)C[C@]4(C)[C@@H]3CC[C@]12C. The second-order valence-electron chi connectivity index (χ2n) is 9.85. The minimum absolute atomic E-state index is 0.0560. The van der Waals surface area contributed by atoms with Crippen LogP contribution in [-0.2, 0) is 9.53 Å². The Morgan fingerprint density at radius 3 is 2.37 bits per heavy atom. The zero-order valence-electron chi connectivity index (χ0n) is 16.6. The molecule has 4 fully saturated rings. The second kappa shape index (κ2) is 6.49. The van der Waals surface area contributed by atoms with Crippen molar-refractivity contribution in [2.45, 2.75) is 78.2 Å². The Bertz CT molecular complexity index is 690. The highest BCUT2D eigenvalue weighted by Gasteiger charge is 2.61. The first-order chi connectivity index (χ1) is 12.8. The first-order valence-corrected chi connectivity index (χ1v) is 10.4. The highest BCUT2D eigenvalue weighted by Crippen LogP contribution is 2.66. The van der Waals surface area contributed by atoms with Gasteiger partial charge >= 0.3 is 5.97 Å². The highest BCUT2D eigenvalue weighted by molar-refractivity contribution is 6.42. The normalized spacial score (nSPS) is 49.4. The molecule has 0 aromatic rings. The predicted molar refractivity (Wildman–Crippen MR) is 101 cm³/mol. The van der Waals surface area contributed by atoms with E-state index < -0.39 is 0 Å². The molecule has 0 aliphatic heterocycles. The number of fused-ring (bicyclic) bond motifs is 5. The van der Waals surface area contributed by atoms with Crippen LogP contribution in [0.25, 0.3) is 0 Å². The van der Waals surface area contributed by atoms with E-state index in [9.17, 15) is 15.2 Å². The molecule has 0 heterocycles. The molecule has 2 N–H and O–H groups in total. The fourth-order valence-electron chi connectivity index (χ4n) is 7.50. The predicted octanol–water partition coefficient (Wildman–Crippen LogP) is 4.23. The molecule has 4 rings (SSSR count). The van der Waals surface area contributed by atoms with Crippen LogP contribution in [0.2, 0.25) is 0 Å². The van der Waals surface area contributed by atoms with Crippen LogP contribution in [0.3, 0.4) is 0 Å². The lowest BCUT2D eigenvalue weighted by Crippen LogP contribution is -2.55. The maximum absolute atomic E-state index is 11.6. The summed E-state index contributed by atoms with van der Waals surface area (Å²) in [5.41, 5.74) is 1.28. The molecule has 6 nitrogen and oxygen atoms in total. The van der Waals surface area contributed by atoms with Crippen molar-refractivity contribution in [3.05, 3.63) is 0 Å². The number of rotatable bonds is 1. The number of esters is 1. The van der Waals surface area contributed by atoms with Gasteiger partial charge in [0.15, 0.2) is 0 Å². The average Bonchev–Trinajstić information content (AvgIpc) is 2.96. The molecule has 150 valence electrons. The molecule has 0 amide bonds. The molecule has 0 aromatic heterocycles. The maximum atomic E-state index is 11.6. The quantitative estimate of drug-likeness (QED) is 0.407. The monoisotopic (exact) mass is 376 g/mol. The summed E-state index contributed by atoms with van der Waals surface area (Å²) in [7, 11) is 0. The van der Waals surface area contributed by atoms with Gasteiger partial charge < -0.3 is 15.2 Å². The van der Waals surface area contributed by atoms with E-state index in [2.05, 4.69) is 24.2 Å².